The van der Waals surface area contributed by atoms with Gasteiger partial charge in [-0.05, 0) is 0 Å². The first kappa shape index (κ1) is 12.5. The summed E-state index contributed by atoms with van der Waals surface area (Å²) in [6, 6.07) is -0.327. The Bertz CT molecular complexity index is 634. The number of carboxylic acids is 1. The number of aromatic carboxylic acids is 1. The molecule has 11 heteroatoms. The summed E-state index contributed by atoms with van der Waals surface area (Å²) in [6.45, 7) is 0.875. The van der Waals surface area contributed by atoms with Crippen molar-refractivity contribution in [3.63, 3.8) is 0 Å². The number of nitrogens with zero attached hydrogens (tertiary/aromatic N) is 6. The number of anilines is 1. The Balaban J connectivity index is 1.55. The average Bonchev–Trinajstić information content (AvgIpc) is 2.97. The maximum absolute atomic E-state index is 11.8. The van der Waals surface area contributed by atoms with Crippen LogP contribution in [0.4, 0.5) is 9.93 Å². The summed E-state index contributed by atoms with van der Waals surface area (Å²) in [5, 5.41) is 26.4. The molecule has 104 valence electrons. The molecule has 0 aromatic carbocycles. The third-order valence-electron chi connectivity index (χ3n) is 2.83. The molecule has 1 aliphatic rings. The van der Waals surface area contributed by atoms with Gasteiger partial charge in [0.05, 0.1) is 12.2 Å². The van der Waals surface area contributed by atoms with E-state index < -0.39 is 5.97 Å². The molecule has 2 aromatic heterocycles. The number of hydrogen-bond acceptors (Lipinski definition) is 7. The van der Waals surface area contributed by atoms with E-state index in [-0.39, 0.29) is 17.8 Å². The molecule has 0 unspecified atom stereocenters. The quantitative estimate of drug-likeness (QED) is 0.810. The number of nitrogens with one attached hydrogen (secondary N) is 1. The van der Waals surface area contributed by atoms with Crippen LogP contribution in [0, 0.1) is 0 Å². The van der Waals surface area contributed by atoms with Crippen LogP contribution in [0.2, 0.25) is 0 Å². The molecule has 0 saturated carbocycles. The van der Waals surface area contributed by atoms with Gasteiger partial charge in [0.25, 0.3) is 0 Å². The topological polar surface area (TPSA) is 126 Å². The molecule has 1 fully saturated rings. The lowest BCUT2D eigenvalue weighted by atomic mass is 10.1. The third-order valence-corrected chi connectivity index (χ3v) is 3.43. The van der Waals surface area contributed by atoms with Crippen LogP contribution in [-0.2, 0) is 0 Å². The number of hydrogen-bond donors (Lipinski definition) is 2. The van der Waals surface area contributed by atoms with Crippen molar-refractivity contribution in [1.82, 2.24) is 30.1 Å². The van der Waals surface area contributed by atoms with Crippen molar-refractivity contribution in [3.8, 4) is 0 Å². The zero-order valence-corrected chi connectivity index (χ0v) is 10.8. The lowest BCUT2D eigenvalue weighted by molar-refractivity contribution is 0.0690. The summed E-state index contributed by atoms with van der Waals surface area (Å²) in [5.41, 5.74) is 1.42. The van der Waals surface area contributed by atoms with E-state index in [1.807, 2.05) is 0 Å². The largest absolute Gasteiger partial charge is 0.476 e. The third kappa shape index (κ3) is 2.30. The number of carbonyl (C=O) groups is 2. The monoisotopic (exact) mass is 295 g/mol. The smallest absolute Gasteiger partial charge is 0.358 e. The fraction of sp³-hybridized carbons (Fsp3) is 0.333. The maximum Gasteiger partial charge on any atom is 0.358 e. The van der Waals surface area contributed by atoms with Crippen LogP contribution in [0.5, 0.6) is 0 Å². The molecule has 3 heterocycles. The molecule has 2 N–H and O–H groups in total. The number of rotatable bonds is 3. The summed E-state index contributed by atoms with van der Waals surface area (Å²) in [6.07, 6.45) is 1.35. The SMILES string of the molecule is O=C(O)c1cn(C2CN(C(=O)Nc3nncs3)C2)nn1. The number of aromatic nitrogens is 5. The molecule has 2 aromatic rings. The van der Waals surface area contributed by atoms with Gasteiger partial charge in [0.1, 0.15) is 5.51 Å². The molecule has 0 bridgehead atoms. The molecule has 20 heavy (non-hydrogen) atoms. The van der Waals surface area contributed by atoms with Crippen LogP contribution in [0.15, 0.2) is 11.7 Å². The van der Waals surface area contributed by atoms with Gasteiger partial charge in [-0.1, -0.05) is 16.6 Å². The lowest BCUT2D eigenvalue weighted by Gasteiger charge is -2.38. The number of likely N-dealkylation sites (tertiary alicyclic amines) is 1. The van der Waals surface area contributed by atoms with Crippen LogP contribution in [0.25, 0.3) is 0 Å². The van der Waals surface area contributed by atoms with Crippen molar-refractivity contribution in [2.75, 3.05) is 18.4 Å². The molecular weight excluding hydrogens is 286 g/mol. The molecular formula is C9H9N7O3S. The Morgan fingerprint density at radius 3 is 2.80 bits per heavy atom. The fourth-order valence-electron chi connectivity index (χ4n) is 1.74. The first-order chi connectivity index (χ1) is 9.63. The molecule has 3 rings (SSSR count). The highest BCUT2D eigenvalue weighted by molar-refractivity contribution is 7.13. The van der Waals surface area contributed by atoms with Gasteiger partial charge in [-0.3, -0.25) is 5.32 Å². The highest BCUT2D eigenvalue weighted by atomic mass is 32.1. The van der Waals surface area contributed by atoms with Gasteiger partial charge >= 0.3 is 12.0 Å². The van der Waals surface area contributed by atoms with E-state index in [1.165, 1.54) is 27.7 Å². The van der Waals surface area contributed by atoms with Gasteiger partial charge in [-0.2, -0.15) is 0 Å². The lowest BCUT2D eigenvalue weighted by Crippen LogP contribution is -2.52. The molecule has 2 amide bonds. The summed E-state index contributed by atoms with van der Waals surface area (Å²) in [4.78, 5) is 24.1. The molecule has 1 aliphatic heterocycles. The van der Waals surface area contributed by atoms with Gasteiger partial charge in [0.2, 0.25) is 5.13 Å². The van der Waals surface area contributed by atoms with E-state index in [1.54, 1.807) is 4.90 Å². The minimum Gasteiger partial charge on any atom is -0.476 e. The summed E-state index contributed by atoms with van der Waals surface area (Å²) >= 11 is 1.23. The second kappa shape index (κ2) is 4.85. The second-order valence-electron chi connectivity index (χ2n) is 4.12. The summed E-state index contributed by atoms with van der Waals surface area (Å²) < 4.78 is 1.46. The van der Waals surface area contributed by atoms with Crippen LogP contribution in [0.3, 0.4) is 0 Å². The van der Waals surface area contributed by atoms with Crippen molar-refractivity contribution in [1.29, 1.82) is 0 Å². The molecule has 0 spiro atoms. The number of amides is 2. The zero-order valence-electron chi connectivity index (χ0n) is 10.0. The Hall–Kier alpha value is -2.56. The number of carboxylic acid groups (broad SMARTS) is 1. The zero-order chi connectivity index (χ0) is 14.1. The summed E-state index contributed by atoms with van der Waals surface area (Å²) in [7, 11) is 0. The van der Waals surface area contributed by atoms with Crippen molar-refractivity contribution in [3.05, 3.63) is 17.4 Å². The maximum atomic E-state index is 11.8. The van der Waals surface area contributed by atoms with Crippen LogP contribution >= 0.6 is 11.3 Å². The van der Waals surface area contributed by atoms with Crippen molar-refractivity contribution < 1.29 is 14.7 Å². The Morgan fingerprint density at radius 2 is 2.20 bits per heavy atom. The minimum absolute atomic E-state index is 0.0595. The highest BCUT2D eigenvalue weighted by Gasteiger charge is 2.33. The molecule has 0 atom stereocenters. The number of carbonyl (C=O) groups excluding carboxylic acids is 1. The van der Waals surface area contributed by atoms with E-state index in [2.05, 4.69) is 25.8 Å². The molecule has 0 aliphatic carbocycles. The van der Waals surface area contributed by atoms with E-state index >= 15 is 0 Å². The minimum atomic E-state index is -1.12. The first-order valence-corrected chi connectivity index (χ1v) is 6.48. The normalized spacial score (nSPS) is 14.9. The van der Waals surface area contributed by atoms with E-state index in [9.17, 15) is 9.59 Å². The second-order valence-corrected chi connectivity index (χ2v) is 4.96. The summed E-state index contributed by atoms with van der Waals surface area (Å²) in [5.74, 6) is -1.12. The molecule has 0 radical (unpaired) electrons. The fourth-order valence-corrected chi connectivity index (χ4v) is 2.17. The van der Waals surface area contributed by atoms with Crippen LogP contribution < -0.4 is 5.32 Å². The van der Waals surface area contributed by atoms with Gasteiger partial charge < -0.3 is 10.0 Å². The standard InChI is InChI=1S/C9H9N7O3S/c17-7(18)6-3-16(14-12-6)5-1-15(2-5)9(19)11-8-13-10-4-20-8/h3-5H,1-2H2,(H,17,18)(H,11,13,19). The highest BCUT2D eigenvalue weighted by Crippen LogP contribution is 2.21. The van der Waals surface area contributed by atoms with Crippen molar-refractivity contribution in [2.24, 2.45) is 0 Å². The van der Waals surface area contributed by atoms with Gasteiger partial charge in [-0.25, -0.2) is 14.3 Å². The Morgan fingerprint density at radius 1 is 1.40 bits per heavy atom. The Kier molecular flexibility index (Phi) is 3.02. The predicted octanol–water partition coefficient (Wildman–Crippen LogP) is -0.0834. The number of urea groups is 1. The first-order valence-electron chi connectivity index (χ1n) is 5.60. The van der Waals surface area contributed by atoms with Crippen LogP contribution in [0.1, 0.15) is 16.5 Å². The van der Waals surface area contributed by atoms with Crippen molar-refractivity contribution in [2.45, 2.75) is 6.04 Å². The van der Waals surface area contributed by atoms with E-state index in [0.717, 1.165) is 0 Å². The predicted molar refractivity (Wildman–Crippen MR) is 66.5 cm³/mol. The van der Waals surface area contributed by atoms with Gasteiger partial charge in [0, 0.05) is 13.1 Å². The van der Waals surface area contributed by atoms with Gasteiger partial charge in [-0.15, -0.1) is 15.3 Å². The van der Waals surface area contributed by atoms with E-state index in [4.69, 9.17) is 5.11 Å². The van der Waals surface area contributed by atoms with Crippen LogP contribution in [-0.4, -0.2) is 60.3 Å². The molecule has 10 nitrogen and oxygen atoms in total. The van der Waals surface area contributed by atoms with Crippen molar-refractivity contribution >= 4 is 28.5 Å². The average molecular weight is 295 g/mol. The molecule has 1 saturated heterocycles. The van der Waals surface area contributed by atoms with Gasteiger partial charge in [0.15, 0.2) is 5.69 Å². The Labute approximate surface area is 116 Å². The van der Waals surface area contributed by atoms with E-state index in [0.29, 0.717) is 18.2 Å².